The van der Waals surface area contributed by atoms with Gasteiger partial charge < -0.3 is 10.0 Å². The molecule has 4 aromatic rings. The highest BCUT2D eigenvalue weighted by Gasteiger charge is 2.37. The summed E-state index contributed by atoms with van der Waals surface area (Å²) in [6, 6.07) is 22.4. The van der Waals surface area contributed by atoms with Crippen molar-refractivity contribution in [2.45, 2.75) is 50.9 Å². The zero-order valence-corrected chi connectivity index (χ0v) is 23.0. The summed E-state index contributed by atoms with van der Waals surface area (Å²) in [5.74, 6) is 0.0136. The van der Waals surface area contributed by atoms with Gasteiger partial charge in [-0.15, -0.1) is 5.73 Å². The van der Waals surface area contributed by atoms with Crippen molar-refractivity contribution >= 4 is 29.5 Å². The van der Waals surface area contributed by atoms with E-state index in [2.05, 4.69) is 52.1 Å². The van der Waals surface area contributed by atoms with Gasteiger partial charge in [-0.2, -0.15) is 0 Å². The molecule has 1 aromatic heterocycles. The van der Waals surface area contributed by atoms with E-state index < -0.39 is 11.5 Å². The number of nitrogens with one attached hydrogen (secondary N) is 1. The minimum atomic E-state index is -1.19. The molecular formula is C35H33N3O3. The Hall–Kier alpha value is -4.54. The van der Waals surface area contributed by atoms with Crippen LogP contribution >= 0.6 is 0 Å². The summed E-state index contributed by atoms with van der Waals surface area (Å²) in [6.45, 7) is 1.07. The molecule has 6 nitrogen and oxygen atoms in total. The van der Waals surface area contributed by atoms with Crippen LogP contribution in [0, 0.1) is 5.92 Å². The fourth-order valence-corrected chi connectivity index (χ4v) is 7.17. The monoisotopic (exact) mass is 543 g/mol. The van der Waals surface area contributed by atoms with Crippen molar-refractivity contribution in [2.75, 3.05) is 11.4 Å². The van der Waals surface area contributed by atoms with Gasteiger partial charge >= 0.3 is 5.97 Å². The minimum Gasteiger partial charge on any atom is -0.477 e. The van der Waals surface area contributed by atoms with Gasteiger partial charge in [0.05, 0.1) is 11.3 Å². The number of hydrogen-bond donors (Lipinski definition) is 2. The summed E-state index contributed by atoms with van der Waals surface area (Å²) in [7, 11) is 0. The van der Waals surface area contributed by atoms with E-state index in [1.54, 1.807) is 24.3 Å². The molecular weight excluding hydrogens is 510 g/mol. The van der Waals surface area contributed by atoms with Crippen molar-refractivity contribution in [2.24, 2.45) is 5.92 Å². The number of nitrogens with zero attached hydrogens (tertiary/aromatic N) is 2. The Morgan fingerprint density at radius 1 is 0.927 bits per heavy atom. The number of carboxylic acid groups (broad SMARTS) is 1. The third-order valence-corrected chi connectivity index (χ3v) is 9.11. The molecule has 7 rings (SSSR count). The van der Waals surface area contributed by atoms with Gasteiger partial charge in [-0.3, -0.25) is 9.89 Å². The lowest BCUT2D eigenvalue weighted by molar-refractivity contribution is 0.0689. The summed E-state index contributed by atoms with van der Waals surface area (Å²) in [5, 5.41) is 12.5. The lowest BCUT2D eigenvalue weighted by atomic mass is 9.81. The van der Waals surface area contributed by atoms with Crippen LogP contribution in [0.15, 0.2) is 77.3 Å². The summed E-state index contributed by atoms with van der Waals surface area (Å²) in [6.07, 6.45) is 11.9. The molecule has 1 saturated carbocycles. The first-order chi connectivity index (χ1) is 20.1. The fourth-order valence-electron chi connectivity index (χ4n) is 7.17. The van der Waals surface area contributed by atoms with Crippen LogP contribution in [0.2, 0.25) is 0 Å². The summed E-state index contributed by atoms with van der Waals surface area (Å²) in [4.78, 5) is 27.6. The van der Waals surface area contributed by atoms with Crippen LogP contribution in [0.5, 0.6) is 0 Å². The molecule has 206 valence electrons. The number of H-pyrrole nitrogens is 1. The maximum Gasteiger partial charge on any atom is 0.354 e. The van der Waals surface area contributed by atoms with Crippen molar-refractivity contribution < 1.29 is 9.90 Å². The number of rotatable bonds is 5. The molecule has 0 bridgehead atoms. The number of aromatic carboxylic acids is 1. The number of para-hydroxylation sites is 1. The van der Waals surface area contributed by atoms with Gasteiger partial charge in [0.15, 0.2) is 5.69 Å². The average Bonchev–Trinajstić information content (AvgIpc) is 3.61. The third-order valence-electron chi connectivity index (χ3n) is 9.11. The van der Waals surface area contributed by atoms with E-state index in [9.17, 15) is 14.7 Å². The van der Waals surface area contributed by atoms with E-state index in [1.165, 1.54) is 77.3 Å². The molecule has 3 aromatic carbocycles. The Morgan fingerprint density at radius 3 is 2.63 bits per heavy atom. The molecule has 0 saturated heterocycles. The second-order valence-electron chi connectivity index (χ2n) is 11.5. The van der Waals surface area contributed by atoms with Gasteiger partial charge in [0.2, 0.25) is 0 Å². The van der Waals surface area contributed by atoms with Gasteiger partial charge in [-0.05, 0) is 115 Å². The highest BCUT2D eigenvalue weighted by atomic mass is 16.4. The van der Waals surface area contributed by atoms with E-state index in [0.29, 0.717) is 17.5 Å². The molecule has 3 aliphatic rings. The maximum atomic E-state index is 13.1. The van der Waals surface area contributed by atoms with Crippen LogP contribution in [-0.4, -0.2) is 27.4 Å². The van der Waals surface area contributed by atoms with Gasteiger partial charge in [0.25, 0.3) is 5.56 Å². The number of hydrogen-bond acceptors (Lipinski definition) is 3. The van der Waals surface area contributed by atoms with Gasteiger partial charge in [0, 0.05) is 17.9 Å². The quantitative estimate of drug-likeness (QED) is 0.263. The average molecular weight is 544 g/mol. The van der Waals surface area contributed by atoms with Crippen molar-refractivity contribution in [1.82, 2.24) is 9.78 Å². The second kappa shape index (κ2) is 10.5. The van der Waals surface area contributed by atoms with Crippen molar-refractivity contribution in [3.63, 3.8) is 0 Å². The number of carboxylic acids is 1. The minimum absolute atomic E-state index is 0.0754. The van der Waals surface area contributed by atoms with E-state index in [4.69, 9.17) is 0 Å². The molecule has 2 unspecified atom stereocenters. The van der Waals surface area contributed by atoms with Crippen LogP contribution in [0.4, 0.5) is 11.4 Å². The fraction of sp³-hybridized carbons (Fsp3) is 0.286. The van der Waals surface area contributed by atoms with Gasteiger partial charge in [-0.25, -0.2) is 9.48 Å². The zero-order chi connectivity index (χ0) is 27.9. The zero-order valence-electron chi connectivity index (χ0n) is 23.0. The molecule has 2 heterocycles. The SMILES string of the molecule is O=C(O)c1[nH]n(-c2ccccc2)c(=O)c1C=C=Cc1ccc2c(c1)C1CCCC1CN2c1cccc2c1CCCC2. The Labute approximate surface area is 239 Å². The van der Waals surface area contributed by atoms with E-state index in [0.717, 1.165) is 18.5 Å². The summed E-state index contributed by atoms with van der Waals surface area (Å²) >= 11 is 0. The molecule has 2 atom stereocenters. The molecule has 41 heavy (non-hydrogen) atoms. The molecule has 1 fully saturated rings. The molecule has 1 aliphatic heterocycles. The van der Waals surface area contributed by atoms with Crippen molar-refractivity contribution in [3.8, 4) is 5.69 Å². The molecule has 0 spiro atoms. The van der Waals surface area contributed by atoms with Crippen LogP contribution < -0.4 is 10.5 Å². The molecule has 2 aliphatic carbocycles. The van der Waals surface area contributed by atoms with Gasteiger partial charge in [-0.1, -0.05) is 42.8 Å². The topological polar surface area (TPSA) is 78.3 Å². The third kappa shape index (κ3) is 4.55. The highest BCUT2D eigenvalue weighted by molar-refractivity contribution is 5.90. The van der Waals surface area contributed by atoms with Crippen LogP contribution in [0.25, 0.3) is 17.8 Å². The smallest absolute Gasteiger partial charge is 0.354 e. The Kier molecular flexibility index (Phi) is 6.49. The van der Waals surface area contributed by atoms with Crippen molar-refractivity contribution in [3.05, 3.63) is 116 Å². The first kappa shape index (κ1) is 25.4. The van der Waals surface area contributed by atoms with E-state index in [1.807, 2.05) is 12.1 Å². The number of anilines is 2. The Balaban J connectivity index is 1.26. The van der Waals surface area contributed by atoms with Crippen LogP contribution in [0.1, 0.15) is 76.3 Å². The van der Waals surface area contributed by atoms with Crippen LogP contribution in [0.3, 0.4) is 0 Å². The number of aromatic amines is 1. The first-order valence-corrected chi connectivity index (χ1v) is 14.7. The lowest BCUT2D eigenvalue weighted by Gasteiger charge is -2.40. The highest BCUT2D eigenvalue weighted by Crippen LogP contribution is 2.50. The number of aryl methyl sites for hydroxylation is 1. The normalized spacial score (nSPS) is 19.1. The van der Waals surface area contributed by atoms with E-state index in [-0.39, 0.29) is 11.3 Å². The lowest BCUT2D eigenvalue weighted by Crippen LogP contribution is -2.33. The predicted molar refractivity (Wildman–Crippen MR) is 162 cm³/mol. The number of aromatic nitrogens is 2. The Morgan fingerprint density at radius 2 is 1.78 bits per heavy atom. The number of carbonyl (C=O) groups is 1. The molecule has 0 radical (unpaired) electrons. The number of fused-ring (bicyclic) bond motifs is 4. The maximum absolute atomic E-state index is 13.1. The summed E-state index contributed by atoms with van der Waals surface area (Å²) < 4.78 is 1.26. The molecule has 0 amide bonds. The predicted octanol–water partition coefficient (Wildman–Crippen LogP) is 7.10. The van der Waals surface area contributed by atoms with Crippen LogP contribution in [-0.2, 0) is 12.8 Å². The van der Waals surface area contributed by atoms with Gasteiger partial charge in [0.1, 0.15) is 0 Å². The first-order valence-electron chi connectivity index (χ1n) is 14.7. The van der Waals surface area contributed by atoms with E-state index >= 15 is 0 Å². The molecule has 2 N–H and O–H groups in total. The number of benzene rings is 3. The van der Waals surface area contributed by atoms with Crippen molar-refractivity contribution in [1.29, 1.82) is 0 Å². The standard InChI is InChI=1S/C35H33N3O3/c39-34-29(33(35(40)41)36-38(34)26-13-2-1-3-14-26)17-6-9-23-19-20-32-30(21-23)27-16-7-12-25(27)22-37(32)31-18-8-11-24-10-4-5-15-28(24)31/h1-3,8-9,11,13-14,17-21,25,27,36H,4-5,7,10,12,15-16,22H2,(H,40,41). The largest absolute Gasteiger partial charge is 0.477 e. The Bertz CT molecular complexity index is 1760. The second-order valence-corrected chi connectivity index (χ2v) is 11.5. The molecule has 6 heteroatoms. The summed E-state index contributed by atoms with van der Waals surface area (Å²) in [5.41, 5.74) is 11.3.